The van der Waals surface area contributed by atoms with Gasteiger partial charge in [-0.05, 0) is 55.4 Å². The van der Waals surface area contributed by atoms with E-state index in [0.29, 0.717) is 0 Å². The molecule has 0 atom stereocenters. The summed E-state index contributed by atoms with van der Waals surface area (Å²) >= 11 is 0. The molecule has 0 radical (unpaired) electrons. The van der Waals surface area contributed by atoms with Gasteiger partial charge >= 0.3 is 0 Å². The zero-order valence-electron chi connectivity index (χ0n) is 11.9. The van der Waals surface area contributed by atoms with Gasteiger partial charge in [-0.1, -0.05) is 54.1 Å². The molecule has 2 aromatic rings. The Labute approximate surface area is 116 Å². The average molecular weight is 250 g/mol. The van der Waals surface area contributed by atoms with E-state index in [2.05, 4.69) is 69.0 Å². The van der Waals surface area contributed by atoms with Crippen LogP contribution < -0.4 is 0 Å². The number of benzene rings is 2. The largest absolute Gasteiger partial charge is 0.100 e. The molecule has 0 fully saturated rings. The van der Waals surface area contributed by atoms with Crippen LogP contribution in [0.2, 0.25) is 0 Å². The van der Waals surface area contributed by atoms with Crippen molar-refractivity contribution in [1.29, 1.82) is 0 Å². The van der Waals surface area contributed by atoms with Crippen LogP contribution in [0.4, 0.5) is 0 Å². The molecule has 0 saturated carbocycles. The summed E-state index contributed by atoms with van der Waals surface area (Å²) in [5.74, 6) is 0. The molecule has 0 unspecified atom stereocenters. The lowest BCUT2D eigenvalue weighted by molar-refractivity contribution is 0.815. The third-order valence-corrected chi connectivity index (χ3v) is 3.50. The highest BCUT2D eigenvalue weighted by Gasteiger charge is 2.06. The van der Waals surface area contributed by atoms with Gasteiger partial charge in [-0.25, -0.2) is 0 Å². The van der Waals surface area contributed by atoms with Crippen molar-refractivity contribution in [3.8, 4) is 11.1 Å². The quantitative estimate of drug-likeness (QED) is 0.609. The Morgan fingerprint density at radius 3 is 2.26 bits per heavy atom. The summed E-state index contributed by atoms with van der Waals surface area (Å²) < 4.78 is 0. The van der Waals surface area contributed by atoms with Crippen molar-refractivity contribution in [3.05, 3.63) is 71.8 Å². The van der Waals surface area contributed by atoms with Crippen LogP contribution in [0, 0.1) is 6.92 Å². The third-order valence-electron chi connectivity index (χ3n) is 3.50. The summed E-state index contributed by atoms with van der Waals surface area (Å²) in [7, 11) is 0. The maximum atomic E-state index is 3.98. The number of allylic oxidation sites excluding steroid dienone is 1. The maximum Gasteiger partial charge on any atom is -0.0149 e. The number of rotatable bonds is 5. The van der Waals surface area contributed by atoms with Crippen molar-refractivity contribution in [2.45, 2.75) is 33.1 Å². The SMILES string of the molecule is C=C(C)CCCc1ccccc1-c1ccccc1C. The molecule has 0 heterocycles. The van der Waals surface area contributed by atoms with Gasteiger partial charge in [0, 0.05) is 0 Å². The number of aryl methyl sites for hydroxylation is 2. The third kappa shape index (κ3) is 3.57. The van der Waals surface area contributed by atoms with Crippen molar-refractivity contribution in [1.82, 2.24) is 0 Å². The second kappa shape index (κ2) is 6.38. The van der Waals surface area contributed by atoms with E-state index in [1.807, 2.05) is 0 Å². The fourth-order valence-electron chi connectivity index (χ4n) is 2.46. The fourth-order valence-corrected chi connectivity index (χ4v) is 2.46. The van der Waals surface area contributed by atoms with E-state index in [9.17, 15) is 0 Å². The maximum absolute atomic E-state index is 3.98. The van der Waals surface area contributed by atoms with Gasteiger partial charge in [0.15, 0.2) is 0 Å². The van der Waals surface area contributed by atoms with E-state index in [1.165, 1.54) is 34.2 Å². The van der Waals surface area contributed by atoms with E-state index in [1.54, 1.807) is 0 Å². The molecule has 0 N–H and O–H groups in total. The monoisotopic (exact) mass is 250 g/mol. The zero-order valence-corrected chi connectivity index (χ0v) is 11.9. The normalized spacial score (nSPS) is 10.4. The lowest BCUT2D eigenvalue weighted by Crippen LogP contribution is -1.92. The molecule has 0 aliphatic rings. The van der Waals surface area contributed by atoms with Gasteiger partial charge < -0.3 is 0 Å². The fraction of sp³-hybridized carbons (Fsp3) is 0.263. The topological polar surface area (TPSA) is 0 Å². The Morgan fingerprint density at radius 2 is 1.58 bits per heavy atom. The Hall–Kier alpha value is -1.82. The first kappa shape index (κ1) is 13.6. The molecule has 0 spiro atoms. The summed E-state index contributed by atoms with van der Waals surface area (Å²) in [5.41, 5.74) is 6.79. The van der Waals surface area contributed by atoms with E-state index in [0.717, 1.165) is 12.8 Å². The molecular formula is C19H22. The van der Waals surface area contributed by atoms with Crippen molar-refractivity contribution >= 4 is 0 Å². The van der Waals surface area contributed by atoms with Gasteiger partial charge in [0.1, 0.15) is 0 Å². The second-order valence-electron chi connectivity index (χ2n) is 5.28. The molecule has 19 heavy (non-hydrogen) atoms. The predicted octanol–water partition coefficient (Wildman–Crippen LogP) is 5.56. The Balaban J connectivity index is 2.26. The van der Waals surface area contributed by atoms with Crippen LogP contribution in [-0.2, 0) is 6.42 Å². The van der Waals surface area contributed by atoms with E-state index in [-0.39, 0.29) is 0 Å². The minimum Gasteiger partial charge on any atom is -0.100 e. The highest BCUT2D eigenvalue weighted by molar-refractivity contribution is 5.70. The second-order valence-corrected chi connectivity index (χ2v) is 5.28. The molecule has 0 aliphatic heterocycles. The number of hydrogen-bond donors (Lipinski definition) is 0. The Morgan fingerprint density at radius 1 is 0.947 bits per heavy atom. The summed E-state index contributed by atoms with van der Waals surface area (Å²) in [5, 5.41) is 0. The van der Waals surface area contributed by atoms with Gasteiger partial charge in [-0.3, -0.25) is 0 Å². The van der Waals surface area contributed by atoms with Crippen molar-refractivity contribution in [3.63, 3.8) is 0 Å². The first-order valence-corrected chi connectivity index (χ1v) is 6.97. The minimum atomic E-state index is 1.11. The predicted molar refractivity (Wildman–Crippen MR) is 84.4 cm³/mol. The summed E-state index contributed by atoms with van der Waals surface area (Å²) in [6.45, 7) is 8.27. The first-order valence-electron chi connectivity index (χ1n) is 6.97. The van der Waals surface area contributed by atoms with Gasteiger partial charge in [0.05, 0.1) is 0 Å². The van der Waals surface area contributed by atoms with Crippen LogP contribution in [0.3, 0.4) is 0 Å². The van der Waals surface area contributed by atoms with Gasteiger partial charge in [-0.15, -0.1) is 6.58 Å². The highest BCUT2D eigenvalue weighted by Crippen LogP contribution is 2.27. The lowest BCUT2D eigenvalue weighted by Gasteiger charge is -2.12. The standard InChI is InChI=1S/C19H22/c1-15(2)9-8-12-17-11-5-7-14-19(17)18-13-6-4-10-16(18)3/h4-7,10-11,13-14H,1,8-9,12H2,2-3H3. The van der Waals surface area contributed by atoms with Crippen LogP contribution in [0.15, 0.2) is 60.7 Å². The van der Waals surface area contributed by atoms with Gasteiger partial charge in [-0.2, -0.15) is 0 Å². The van der Waals surface area contributed by atoms with Gasteiger partial charge in [0.2, 0.25) is 0 Å². The van der Waals surface area contributed by atoms with Crippen LogP contribution in [0.5, 0.6) is 0 Å². The minimum absolute atomic E-state index is 1.11. The highest BCUT2D eigenvalue weighted by atomic mass is 14.1. The Bertz CT molecular complexity index is 564. The summed E-state index contributed by atoms with van der Waals surface area (Å²) in [6, 6.07) is 17.4. The van der Waals surface area contributed by atoms with Crippen molar-refractivity contribution in [2.75, 3.05) is 0 Å². The molecule has 0 nitrogen and oxygen atoms in total. The summed E-state index contributed by atoms with van der Waals surface area (Å²) in [6.07, 6.45) is 3.41. The molecular weight excluding hydrogens is 228 g/mol. The molecule has 98 valence electrons. The molecule has 0 amide bonds. The first-order chi connectivity index (χ1) is 9.18. The van der Waals surface area contributed by atoms with Crippen molar-refractivity contribution < 1.29 is 0 Å². The molecule has 0 aliphatic carbocycles. The molecule has 2 aromatic carbocycles. The molecule has 0 bridgehead atoms. The van der Waals surface area contributed by atoms with E-state index >= 15 is 0 Å². The van der Waals surface area contributed by atoms with E-state index < -0.39 is 0 Å². The smallest absolute Gasteiger partial charge is 0.0149 e. The average Bonchev–Trinajstić information content (AvgIpc) is 2.40. The number of hydrogen-bond acceptors (Lipinski definition) is 0. The molecule has 0 saturated heterocycles. The van der Waals surface area contributed by atoms with Crippen LogP contribution in [0.1, 0.15) is 30.9 Å². The van der Waals surface area contributed by atoms with Gasteiger partial charge in [0.25, 0.3) is 0 Å². The van der Waals surface area contributed by atoms with Crippen LogP contribution >= 0.6 is 0 Å². The molecule has 0 heteroatoms. The lowest BCUT2D eigenvalue weighted by atomic mass is 9.93. The van der Waals surface area contributed by atoms with Crippen molar-refractivity contribution in [2.24, 2.45) is 0 Å². The zero-order chi connectivity index (χ0) is 13.7. The molecule has 2 rings (SSSR count). The van der Waals surface area contributed by atoms with Crippen LogP contribution in [0.25, 0.3) is 11.1 Å². The van der Waals surface area contributed by atoms with E-state index in [4.69, 9.17) is 0 Å². The summed E-state index contributed by atoms with van der Waals surface area (Å²) in [4.78, 5) is 0. The Kier molecular flexibility index (Phi) is 4.57. The van der Waals surface area contributed by atoms with Crippen LogP contribution in [-0.4, -0.2) is 0 Å². The molecule has 0 aromatic heterocycles.